The molecule has 2 aromatic rings. The zero-order valence-electron chi connectivity index (χ0n) is 7.69. The van der Waals surface area contributed by atoms with E-state index in [1.54, 1.807) is 0 Å². The standard InChI is InChI=1S/C9H4ClF2N3O/c10-9-14-8(4-13-15-9)16-5-1-2-6(11)7(12)3-5/h1-4H. The monoisotopic (exact) mass is 243 g/mol. The second kappa shape index (κ2) is 4.36. The molecule has 0 aliphatic carbocycles. The van der Waals surface area contributed by atoms with Gasteiger partial charge in [0.15, 0.2) is 11.6 Å². The van der Waals surface area contributed by atoms with Crippen LogP contribution in [0.15, 0.2) is 24.4 Å². The first-order valence-electron chi connectivity index (χ1n) is 4.13. The van der Waals surface area contributed by atoms with Crippen molar-refractivity contribution in [2.45, 2.75) is 0 Å². The molecule has 7 heteroatoms. The van der Waals surface area contributed by atoms with E-state index in [1.807, 2.05) is 0 Å². The van der Waals surface area contributed by atoms with Gasteiger partial charge in [-0.2, -0.15) is 10.1 Å². The van der Waals surface area contributed by atoms with Gasteiger partial charge in [0.25, 0.3) is 0 Å². The van der Waals surface area contributed by atoms with E-state index < -0.39 is 11.6 Å². The quantitative estimate of drug-likeness (QED) is 0.813. The van der Waals surface area contributed by atoms with Crippen LogP contribution in [0, 0.1) is 11.6 Å². The van der Waals surface area contributed by atoms with Gasteiger partial charge in [-0.05, 0) is 23.7 Å². The number of benzene rings is 1. The number of aromatic nitrogens is 3. The SMILES string of the molecule is Fc1ccc(Oc2cnnc(Cl)n2)cc1F. The average Bonchev–Trinajstić information content (AvgIpc) is 2.24. The fourth-order valence-corrected chi connectivity index (χ4v) is 1.11. The highest BCUT2D eigenvalue weighted by molar-refractivity contribution is 6.28. The van der Waals surface area contributed by atoms with E-state index in [0.717, 1.165) is 12.1 Å². The van der Waals surface area contributed by atoms with Crippen molar-refractivity contribution in [3.05, 3.63) is 41.3 Å². The summed E-state index contributed by atoms with van der Waals surface area (Å²) >= 11 is 5.47. The third kappa shape index (κ3) is 2.40. The molecule has 1 heterocycles. The number of rotatable bonds is 2. The molecule has 0 aliphatic rings. The van der Waals surface area contributed by atoms with Gasteiger partial charge in [0.1, 0.15) is 11.9 Å². The number of nitrogens with zero attached hydrogens (tertiary/aromatic N) is 3. The predicted molar refractivity (Wildman–Crippen MR) is 51.3 cm³/mol. The fraction of sp³-hybridized carbons (Fsp3) is 0. The zero-order valence-corrected chi connectivity index (χ0v) is 8.45. The Morgan fingerprint density at radius 1 is 1.19 bits per heavy atom. The lowest BCUT2D eigenvalue weighted by Crippen LogP contribution is -1.93. The van der Waals surface area contributed by atoms with Crippen LogP contribution in [0.3, 0.4) is 0 Å². The van der Waals surface area contributed by atoms with Crippen LogP contribution in [0.4, 0.5) is 8.78 Å². The summed E-state index contributed by atoms with van der Waals surface area (Å²) < 4.78 is 30.5. The van der Waals surface area contributed by atoms with Crippen LogP contribution in [-0.2, 0) is 0 Å². The summed E-state index contributed by atoms with van der Waals surface area (Å²) in [5.74, 6) is -1.82. The van der Waals surface area contributed by atoms with Crippen LogP contribution < -0.4 is 4.74 Å². The van der Waals surface area contributed by atoms with Gasteiger partial charge in [-0.15, -0.1) is 5.10 Å². The molecule has 0 saturated carbocycles. The van der Waals surface area contributed by atoms with Gasteiger partial charge in [0.2, 0.25) is 11.2 Å². The summed E-state index contributed by atoms with van der Waals surface area (Å²) in [4.78, 5) is 3.67. The average molecular weight is 244 g/mol. The smallest absolute Gasteiger partial charge is 0.246 e. The fourth-order valence-electron chi connectivity index (χ4n) is 0.978. The Labute approximate surface area is 93.9 Å². The number of ether oxygens (including phenoxy) is 1. The van der Waals surface area contributed by atoms with Gasteiger partial charge >= 0.3 is 0 Å². The molecule has 1 aromatic heterocycles. The van der Waals surface area contributed by atoms with Gasteiger partial charge in [-0.25, -0.2) is 8.78 Å². The maximum absolute atomic E-state index is 12.8. The van der Waals surface area contributed by atoms with Crippen molar-refractivity contribution >= 4 is 11.6 Å². The summed E-state index contributed by atoms with van der Waals surface area (Å²) in [6.45, 7) is 0. The predicted octanol–water partition coefficient (Wildman–Crippen LogP) is 2.60. The molecule has 0 aliphatic heterocycles. The minimum Gasteiger partial charge on any atom is -0.437 e. The molecule has 82 valence electrons. The van der Waals surface area contributed by atoms with Gasteiger partial charge in [0, 0.05) is 6.07 Å². The normalized spacial score (nSPS) is 10.2. The Hall–Kier alpha value is -1.82. The van der Waals surface area contributed by atoms with E-state index in [1.165, 1.54) is 12.3 Å². The summed E-state index contributed by atoms with van der Waals surface area (Å²) in [6.07, 6.45) is 1.20. The summed E-state index contributed by atoms with van der Waals surface area (Å²) in [5.41, 5.74) is 0. The first-order chi connectivity index (χ1) is 7.65. The Kier molecular flexibility index (Phi) is 2.91. The Morgan fingerprint density at radius 3 is 2.69 bits per heavy atom. The maximum Gasteiger partial charge on any atom is 0.246 e. The molecule has 0 amide bonds. The van der Waals surface area contributed by atoms with Crippen molar-refractivity contribution < 1.29 is 13.5 Å². The first kappa shape index (κ1) is 10.7. The van der Waals surface area contributed by atoms with Crippen LogP contribution in [0.5, 0.6) is 11.6 Å². The number of halogens is 3. The first-order valence-corrected chi connectivity index (χ1v) is 4.51. The molecule has 0 unspecified atom stereocenters. The van der Waals surface area contributed by atoms with Crippen molar-refractivity contribution in [3.8, 4) is 11.6 Å². The molecule has 0 fully saturated rings. The van der Waals surface area contributed by atoms with Crippen molar-refractivity contribution in [1.29, 1.82) is 0 Å². The molecule has 0 saturated heterocycles. The zero-order chi connectivity index (χ0) is 11.5. The third-order valence-electron chi connectivity index (χ3n) is 1.62. The number of hydrogen-bond donors (Lipinski definition) is 0. The van der Waals surface area contributed by atoms with E-state index >= 15 is 0 Å². The highest BCUT2D eigenvalue weighted by Gasteiger charge is 2.05. The largest absolute Gasteiger partial charge is 0.437 e. The molecule has 0 N–H and O–H groups in total. The lowest BCUT2D eigenvalue weighted by atomic mass is 10.3. The van der Waals surface area contributed by atoms with Gasteiger partial charge in [-0.1, -0.05) is 0 Å². The molecule has 16 heavy (non-hydrogen) atoms. The highest BCUT2D eigenvalue weighted by atomic mass is 35.5. The van der Waals surface area contributed by atoms with Crippen molar-refractivity contribution in [2.24, 2.45) is 0 Å². The Morgan fingerprint density at radius 2 is 2.00 bits per heavy atom. The third-order valence-corrected chi connectivity index (χ3v) is 1.78. The van der Waals surface area contributed by atoms with E-state index in [9.17, 15) is 8.78 Å². The molecule has 0 bridgehead atoms. The lowest BCUT2D eigenvalue weighted by Gasteiger charge is -2.03. The van der Waals surface area contributed by atoms with Crippen molar-refractivity contribution in [1.82, 2.24) is 15.2 Å². The van der Waals surface area contributed by atoms with Gasteiger partial charge in [-0.3, -0.25) is 0 Å². The van der Waals surface area contributed by atoms with Gasteiger partial charge in [0.05, 0.1) is 0 Å². The molecule has 1 aromatic carbocycles. The van der Waals surface area contributed by atoms with Gasteiger partial charge < -0.3 is 4.74 Å². The summed E-state index contributed by atoms with van der Waals surface area (Å²) in [7, 11) is 0. The summed E-state index contributed by atoms with van der Waals surface area (Å²) in [6, 6.07) is 3.10. The van der Waals surface area contributed by atoms with E-state index in [-0.39, 0.29) is 16.9 Å². The second-order valence-electron chi connectivity index (χ2n) is 2.74. The molecule has 0 atom stereocenters. The molecular weight excluding hydrogens is 240 g/mol. The Bertz CT molecular complexity index is 524. The molecule has 0 radical (unpaired) electrons. The molecule has 0 spiro atoms. The Balaban J connectivity index is 2.24. The molecular formula is C9H4ClF2N3O. The van der Waals surface area contributed by atoms with Crippen molar-refractivity contribution in [2.75, 3.05) is 0 Å². The van der Waals surface area contributed by atoms with Crippen LogP contribution in [0.25, 0.3) is 0 Å². The summed E-state index contributed by atoms with van der Waals surface area (Å²) in [5, 5.41) is 6.79. The minimum atomic E-state index is -1.01. The minimum absolute atomic E-state index is 0.0472. The highest BCUT2D eigenvalue weighted by Crippen LogP contribution is 2.21. The molecule has 2 rings (SSSR count). The lowest BCUT2D eigenvalue weighted by molar-refractivity contribution is 0.443. The van der Waals surface area contributed by atoms with Crippen molar-refractivity contribution in [3.63, 3.8) is 0 Å². The van der Waals surface area contributed by atoms with E-state index in [4.69, 9.17) is 16.3 Å². The van der Waals surface area contributed by atoms with Crippen LogP contribution in [-0.4, -0.2) is 15.2 Å². The van der Waals surface area contributed by atoms with E-state index in [2.05, 4.69) is 15.2 Å². The van der Waals surface area contributed by atoms with Crippen LogP contribution in [0.1, 0.15) is 0 Å². The number of hydrogen-bond acceptors (Lipinski definition) is 4. The van der Waals surface area contributed by atoms with Crippen LogP contribution in [0.2, 0.25) is 5.28 Å². The maximum atomic E-state index is 12.8. The van der Waals surface area contributed by atoms with E-state index in [0.29, 0.717) is 0 Å². The topological polar surface area (TPSA) is 47.9 Å². The second-order valence-corrected chi connectivity index (χ2v) is 3.08. The van der Waals surface area contributed by atoms with Crippen LogP contribution >= 0.6 is 11.6 Å². The molecule has 4 nitrogen and oxygen atoms in total.